The molecule has 2 aromatic rings. The van der Waals surface area contributed by atoms with E-state index in [1.807, 2.05) is 38.7 Å². The fraction of sp³-hybridized carbons (Fsp3) is 0.448. The first-order valence-corrected chi connectivity index (χ1v) is 12.9. The van der Waals surface area contributed by atoms with Crippen LogP contribution in [0, 0.1) is 5.82 Å². The summed E-state index contributed by atoms with van der Waals surface area (Å²) in [6.07, 6.45) is 4.37. The molecule has 0 amide bonds. The van der Waals surface area contributed by atoms with Gasteiger partial charge >= 0.3 is 0 Å². The van der Waals surface area contributed by atoms with Gasteiger partial charge in [-0.2, -0.15) is 0 Å². The largest absolute Gasteiger partial charge is 0.371 e. The van der Waals surface area contributed by atoms with E-state index in [-0.39, 0.29) is 5.82 Å². The number of hydrogen-bond acceptors (Lipinski definition) is 5. The normalized spacial score (nSPS) is 15.3. The summed E-state index contributed by atoms with van der Waals surface area (Å²) in [5.41, 5.74) is 5.02. The molecular weight excluding hydrogens is 439 g/mol. The Morgan fingerprint density at radius 1 is 0.857 bits per heavy atom. The number of halogens is 1. The number of piperazine rings is 1. The number of benzene rings is 2. The van der Waals surface area contributed by atoms with Gasteiger partial charge in [-0.1, -0.05) is 34.3 Å². The number of hydrogen-bond donors (Lipinski definition) is 0. The standard InChI is InChI=1S/C25H29FN4O.2C2H6/c1-19(22-17-21(27-2)7-9-24(22)29-10-4-3-5-11-29)28-12-14-30(15-13-28)25-8-6-20(18-31)16-23(25)26;2*1-2/h6-9,16-18H,1-5,10-15H2;2*1-2H3. The summed E-state index contributed by atoms with van der Waals surface area (Å²) in [7, 11) is 0. The first-order chi connectivity index (χ1) is 17.1. The molecule has 2 heterocycles. The third kappa shape index (κ3) is 6.93. The Kier molecular flexibility index (Phi) is 11.5. The van der Waals surface area contributed by atoms with Gasteiger partial charge in [0, 0.05) is 61.8 Å². The molecule has 2 aliphatic heterocycles. The predicted molar refractivity (Wildman–Crippen MR) is 149 cm³/mol. The third-order valence-electron chi connectivity index (χ3n) is 6.28. The Balaban J connectivity index is 0.00000103. The summed E-state index contributed by atoms with van der Waals surface area (Å²) in [6.45, 7) is 21.1. The van der Waals surface area contributed by atoms with Gasteiger partial charge in [0.2, 0.25) is 0 Å². The molecule has 0 radical (unpaired) electrons. The summed E-state index contributed by atoms with van der Waals surface area (Å²) in [5, 5.41) is 0. The summed E-state index contributed by atoms with van der Waals surface area (Å²) < 4.78 is 14.4. The van der Waals surface area contributed by atoms with Crippen molar-refractivity contribution in [2.24, 2.45) is 4.99 Å². The smallest absolute Gasteiger partial charge is 0.150 e. The minimum atomic E-state index is -0.353. The molecule has 2 fully saturated rings. The van der Waals surface area contributed by atoms with Crippen molar-refractivity contribution in [2.75, 3.05) is 49.1 Å². The van der Waals surface area contributed by atoms with Crippen molar-refractivity contribution in [2.45, 2.75) is 47.0 Å². The second kappa shape index (κ2) is 14.3. The van der Waals surface area contributed by atoms with Crippen LogP contribution in [0.3, 0.4) is 0 Å². The maximum Gasteiger partial charge on any atom is 0.150 e. The van der Waals surface area contributed by atoms with Crippen LogP contribution >= 0.6 is 0 Å². The van der Waals surface area contributed by atoms with E-state index >= 15 is 0 Å². The molecule has 190 valence electrons. The zero-order valence-electron chi connectivity index (χ0n) is 21.9. The highest BCUT2D eigenvalue weighted by molar-refractivity contribution is 5.78. The molecule has 0 unspecified atom stereocenters. The molecule has 0 aromatic heterocycles. The molecule has 2 aromatic carbocycles. The maximum absolute atomic E-state index is 14.4. The highest BCUT2D eigenvalue weighted by Crippen LogP contribution is 2.34. The third-order valence-corrected chi connectivity index (χ3v) is 6.28. The molecule has 0 spiro atoms. The highest BCUT2D eigenvalue weighted by atomic mass is 19.1. The lowest BCUT2D eigenvalue weighted by Gasteiger charge is -2.39. The van der Waals surface area contributed by atoms with E-state index in [4.69, 9.17) is 0 Å². The van der Waals surface area contributed by atoms with Gasteiger partial charge in [-0.15, -0.1) is 0 Å². The summed E-state index contributed by atoms with van der Waals surface area (Å²) in [6, 6.07) is 10.9. The lowest BCUT2D eigenvalue weighted by Crippen LogP contribution is -2.45. The summed E-state index contributed by atoms with van der Waals surface area (Å²) >= 11 is 0. The summed E-state index contributed by atoms with van der Waals surface area (Å²) in [5.74, 6) is -0.353. The van der Waals surface area contributed by atoms with Gasteiger partial charge in [0.1, 0.15) is 12.1 Å². The van der Waals surface area contributed by atoms with Gasteiger partial charge in [-0.3, -0.25) is 9.79 Å². The van der Waals surface area contributed by atoms with Crippen molar-refractivity contribution in [1.82, 2.24) is 4.90 Å². The number of carbonyl (C=O) groups excluding carboxylic acids is 1. The van der Waals surface area contributed by atoms with Gasteiger partial charge in [-0.25, -0.2) is 4.39 Å². The molecule has 2 saturated heterocycles. The average molecular weight is 481 g/mol. The van der Waals surface area contributed by atoms with E-state index in [2.05, 4.69) is 40.2 Å². The molecule has 0 N–H and O–H groups in total. The Morgan fingerprint density at radius 3 is 2.03 bits per heavy atom. The van der Waals surface area contributed by atoms with E-state index in [1.54, 1.807) is 12.1 Å². The van der Waals surface area contributed by atoms with Crippen LogP contribution in [-0.2, 0) is 0 Å². The van der Waals surface area contributed by atoms with Crippen LogP contribution < -0.4 is 9.80 Å². The van der Waals surface area contributed by atoms with Gasteiger partial charge in [0.05, 0.1) is 11.4 Å². The average Bonchev–Trinajstić information content (AvgIpc) is 2.95. The van der Waals surface area contributed by atoms with E-state index in [0.717, 1.165) is 43.1 Å². The molecule has 5 nitrogen and oxygen atoms in total. The van der Waals surface area contributed by atoms with Crippen molar-refractivity contribution in [3.8, 4) is 0 Å². The number of anilines is 2. The van der Waals surface area contributed by atoms with Gasteiger partial charge in [-0.05, 0) is 62.4 Å². The molecule has 35 heavy (non-hydrogen) atoms. The van der Waals surface area contributed by atoms with E-state index in [1.165, 1.54) is 31.0 Å². The second-order valence-electron chi connectivity index (χ2n) is 8.16. The molecule has 4 rings (SSSR count). The monoisotopic (exact) mass is 480 g/mol. The molecular formula is C29H41FN4O. The van der Waals surface area contributed by atoms with Crippen LogP contribution in [0.1, 0.15) is 62.9 Å². The number of rotatable bonds is 6. The van der Waals surface area contributed by atoms with Gasteiger partial charge < -0.3 is 14.7 Å². The van der Waals surface area contributed by atoms with Crippen molar-refractivity contribution in [1.29, 1.82) is 0 Å². The Morgan fingerprint density at radius 2 is 1.46 bits per heavy atom. The Hall–Kier alpha value is -3.15. The quantitative estimate of drug-likeness (QED) is 0.336. The highest BCUT2D eigenvalue weighted by Gasteiger charge is 2.24. The number of carbonyl (C=O) groups is 1. The van der Waals surface area contributed by atoms with Crippen LogP contribution in [0.25, 0.3) is 5.70 Å². The number of aldehydes is 1. The van der Waals surface area contributed by atoms with E-state index < -0.39 is 0 Å². The minimum absolute atomic E-state index is 0.353. The van der Waals surface area contributed by atoms with Crippen molar-refractivity contribution >= 4 is 35.8 Å². The van der Waals surface area contributed by atoms with E-state index in [9.17, 15) is 9.18 Å². The van der Waals surface area contributed by atoms with Crippen LogP contribution in [0.2, 0.25) is 0 Å². The van der Waals surface area contributed by atoms with Crippen LogP contribution in [0.5, 0.6) is 0 Å². The molecule has 2 aliphatic rings. The number of aliphatic imine (C=N–C) groups is 1. The fourth-order valence-corrected chi connectivity index (χ4v) is 4.50. The predicted octanol–water partition coefficient (Wildman–Crippen LogP) is 6.81. The zero-order chi connectivity index (χ0) is 25.8. The number of nitrogens with zero attached hydrogens (tertiary/aromatic N) is 4. The molecule has 0 aliphatic carbocycles. The first-order valence-electron chi connectivity index (χ1n) is 12.9. The summed E-state index contributed by atoms with van der Waals surface area (Å²) in [4.78, 5) is 21.7. The van der Waals surface area contributed by atoms with Crippen LogP contribution in [0.4, 0.5) is 21.5 Å². The molecule has 0 atom stereocenters. The lowest BCUT2D eigenvalue weighted by molar-refractivity contribution is 0.112. The SMILES string of the molecule is C=Nc1ccc(N2CCCCC2)c(C(=C)N2CCN(c3ccc(C=O)cc3F)CC2)c1.CC.CC. The van der Waals surface area contributed by atoms with Gasteiger partial charge in [0.15, 0.2) is 0 Å². The topological polar surface area (TPSA) is 39.1 Å². The molecule has 6 heteroatoms. The lowest BCUT2D eigenvalue weighted by atomic mass is 10.0. The maximum atomic E-state index is 14.4. The minimum Gasteiger partial charge on any atom is -0.371 e. The zero-order valence-corrected chi connectivity index (χ0v) is 21.9. The van der Waals surface area contributed by atoms with Crippen molar-refractivity contribution in [3.63, 3.8) is 0 Å². The Bertz CT molecular complexity index is 977. The Labute approximate surface area is 211 Å². The van der Waals surface area contributed by atoms with Crippen LogP contribution in [-0.4, -0.2) is 57.2 Å². The molecule has 0 bridgehead atoms. The van der Waals surface area contributed by atoms with Crippen molar-refractivity contribution in [3.05, 3.63) is 59.9 Å². The first kappa shape index (κ1) is 28.1. The van der Waals surface area contributed by atoms with Gasteiger partial charge in [0.25, 0.3) is 0 Å². The fourth-order valence-electron chi connectivity index (χ4n) is 4.50. The van der Waals surface area contributed by atoms with Crippen molar-refractivity contribution < 1.29 is 9.18 Å². The van der Waals surface area contributed by atoms with Crippen LogP contribution in [0.15, 0.2) is 48.0 Å². The number of piperidine rings is 1. The molecule has 0 saturated carbocycles. The van der Waals surface area contributed by atoms with E-state index in [0.29, 0.717) is 30.6 Å². The second-order valence-corrected chi connectivity index (χ2v) is 8.16.